The molecule has 1 aliphatic heterocycles. The summed E-state index contributed by atoms with van der Waals surface area (Å²) in [5.74, 6) is -0.603. The highest BCUT2D eigenvalue weighted by atomic mass is 16.7. The van der Waals surface area contributed by atoms with Crippen molar-refractivity contribution in [3.63, 3.8) is 0 Å². The molecule has 10 heteroatoms. The number of nitrogens with one attached hydrogen (secondary N) is 1. The molecule has 1 amide bonds. The van der Waals surface area contributed by atoms with Gasteiger partial charge in [-0.25, -0.2) is 0 Å². The molecule has 284 valence electrons. The van der Waals surface area contributed by atoms with Crippen LogP contribution in [0.4, 0.5) is 0 Å². The summed E-state index contributed by atoms with van der Waals surface area (Å²) in [6.45, 7) is 3.60. The quantitative estimate of drug-likeness (QED) is 0.0364. The van der Waals surface area contributed by atoms with Gasteiger partial charge < -0.3 is 45.4 Å². The van der Waals surface area contributed by atoms with Crippen LogP contribution in [0.25, 0.3) is 0 Å². The molecule has 1 saturated heterocycles. The van der Waals surface area contributed by atoms with Crippen molar-refractivity contribution in [2.45, 2.75) is 210 Å². The van der Waals surface area contributed by atoms with E-state index in [2.05, 4.69) is 31.3 Å². The Bertz CT molecular complexity index is 783. The second-order valence-electron chi connectivity index (χ2n) is 13.9. The summed E-state index contributed by atoms with van der Waals surface area (Å²) in [6, 6.07) is -0.896. The van der Waals surface area contributed by atoms with E-state index in [9.17, 15) is 35.4 Å². The van der Waals surface area contributed by atoms with Gasteiger partial charge in [-0.2, -0.15) is 0 Å². The van der Waals surface area contributed by atoms with Crippen LogP contribution in [0.1, 0.15) is 162 Å². The lowest BCUT2D eigenvalue weighted by Gasteiger charge is -2.40. The number of hydrogen-bond donors (Lipinski definition) is 7. The first kappa shape index (κ1) is 44.9. The zero-order valence-electron chi connectivity index (χ0n) is 30.4. The van der Waals surface area contributed by atoms with Gasteiger partial charge in [0, 0.05) is 0 Å². The van der Waals surface area contributed by atoms with Crippen LogP contribution in [-0.2, 0) is 14.3 Å². The van der Waals surface area contributed by atoms with Gasteiger partial charge in [-0.1, -0.05) is 135 Å². The van der Waals surface area contributed by atoms with Gasteiger partial charge in [0.25, 0.3) is 0 Å². The second-order valence-corrected chi connectivity index (χ2v) is 13.9. The molecule has 10 nitrogen and oxygen atoms in total. The molecule has 0 aromatic carbocycles. The van der Waals surface area contributed by atoms with Crippen LogP contribution in [0.15, 0.2) is 12.2 Å². The molecule has 0 aliphatic carbocycles. The van der Waals surface area contributed by atoms with Crippen LogP contribution in [0, 0.1) is 0 Å². The van der Waals surface area contributed by atoms with Crippen LogP contribution >= 0.6 is 0 Å². The summed E-state index contributed by atoms with van der Waals surface area (Å²) in [6.07, 6.45) is 19.8. The van der Waals surface area contributed by atoms with Crippen LogP contribution < -0.4 is 5.32 Å². The van der Waals surface area contributed by atoms with E-state index in [0.717, 1.165) is 44.9 Å². The third-order valence-electron chi connectivity index (χ3n) is 9.48. The normalized spacial score (nSPS) is 23.4. The Labute approximate surface area is 291 Å². The lowest BCUT2D eigenvalue weighted by atomic mass is 9.99. The largest absolute Gasteiger partial charge is 0.394 e. The van der Waals surface area contributed by atoms with E-state index in [-0.39, 0.29) is 6.61 Å². The minimum atomic E-state index is -1.59. The molecule has 0 radical (unpaired) electrons. The Morgan fingerprint density at radius 2 is 1.17 bits per heavy atom. The number of amides is 1. The first-order valence-electron chi connectivity index (χ1n) is 19.5. The maximum Gasteiger partial charge on any atom is 0.249 e. The summed E-state index contributed by atoms with van der Waals surface area (Å²) in [7, 11) is 0. The number of ether oxygens (including phenoxy) is 2. The van der Waals surface area contributed by atoms with Crippen molar-refractivity contribution in [2.24, 2.45) is 0 Å². The van der Waals surface area contributed by atoms with Crippen molar-refractivity contribution >= 4 is 5.91 Å². The average molecular weight is 688 g/mol. The third-order valence-corrected chi connectivity index (χ3v) is 9.48. The molecule has 0 aromatic heterocycles. The highest BCUT2D eigenvalue weighted by molar-refractivity contribution is 5.80. The van der Waals surface area contributed by atoms with Crippen molar-refractivity contribution in [1.29, 1.82) is 0 Å². The predicted molar refractivity (Wildman–Crippen MR) is 190 cm³/mol. The summed E-state index contributed by atoms with van der Waals surface area (Å²) in [5.41, 5.74) is 0. The fraction of sp³-hybridized carbons (Fsp3) is 0.921. The van der Waals surface area contributed by atoms with E-state index in [1.54, 1.807) is 0 Å². The smallest absolute Gasteiger partial charge is 0.249 e. The van der Waals surface area contributed by atoms with Crippen LogP contribution in [0.2, 0.25) is 0 Å². The van der Waals surface area contributed by atoms with Gasteiger partial charge in [0.1, 0.15) is 30.5 Å². The molecule has 48 heavy (non-hydrogen) atoms. The van der Waals surface area contributed by atoms with Gasteiger partial charge in [-0.15, -0.1) is 0 Å². The topological polar surface area (TPSA) is 169 Å². The molecular formula is C38H73NO9. The predicted octanol–water partition coefficient (Wildman–Crippen LogP) is 5.58. The number of hydrogen-bond acceptors (Lipinski definition) is 9. The molecule has 0 aromatic rings. The molecule has 1 fully saturated rings. The van der Waals surface area contributed by atoms with E-state index in [0.29, 0.717) is 19.3 Å². The third kappa shape index (κ3) is 20.5. The minimum Gasteiger partial charge on any atom is -0.394 e. The number of aliphatic hydroxyl groups excluding tert-OH is 6. The van der Waals surface area contributed by atoms with Crippen molar-refractivity contribution in [3.05, 3.63) is 12.2 Å². The first-order chi connectivity index (χ1) is 23.3. The maximum absolute atomic E-state index is 12.9. The average Bonchev–Trinajstić information content (AvgIpc) is 3.08. The Balaban J connectivity index is 2.51. The van der Waals surface area contributed by atoms with E-state index in [4.69, 9.17) is 9.47 Å². The molecule has 8 atom stereocenters. The van der Waals surface area contributed by atoms with Gasteiger partial charge in [0.2, 0.25) is 5.91 Å². The van der Waals surface area contributed by atoms with Gasteiger partial charge in [0.05, 0.1) is 25.4 Å². The van der Waals surface area contributed by atoms with Gasteiger partial charge in [0.15, 0.2) is 6.29 Å². The van der Waals surface area contributed by atoms with Crippen LogP contribution in [0.5, 0.6) is 0 Å². The van der Waals surface area contributed by atoms with E-state index < -0.39 is 61.5 Å². The van der Waals surface area contributed by atoms with Crippen molar-refractivity contribution in [2.75, 3.05) is 13.2 Å². The Kier molecular flexibility index (Phi) is 27.7. The van der Waals surface area contributed by atoms with Crippen LogP contribution in [0.3, 0.4) is 0 Å². The second kappa shape index (κ2) is 29.6. The SMILES string of the molecule is CCCCCCCC/C=C\CCCCC(O)C(=O)NC(COC1OC(CO)C(O)C(O)C1O)C(O)CCCCCCCCCCCCC. The molecule has 8 unspecified atom stereocenters. The van der Waals surface area contributed by atoms with Crippen molar-refractivity contribution < 1.29 is 44.9 Å². The summed E-state index contributed by atoms with van der Waals surface area (Å²) in [5, 5.41) is 64.4. The molecular weight excluding hydrogens is 614 g/mol. The molecule has 1 rings (SSSR count). The number of rotatable bonds is 31. The molecule has 0 saturated carbocycles. The molecule has 0 spiro atoms. The van der Waals surface area contributed by atoms with Crippen LogP contribution in [-0.4, -0.2) is 98.7 Å². The summed E-state index contributed by atoms with van der Waals surface area (Å²) >= 11 is 0. The van der Waals surface area contributed by atoms with E-state index in [1.165, 1.54) is 83.5 Å². The Hall–Kier alpha value is -1.11. The lowest BCUT2D eigenvalue weighted by molar-refractivity contribution is -0.302. The molecule has 1 aliphatic rings. The van der Waals surface area contributed by atoms with Gasteiger partial charge >= 0.3 is 0 Å². The zero-order valence-corrected chi connectivity index (χ0v) is 30.4. The van der Waals surface area contributed by atoms with Gasteiger partial charge in [-0.3, -0.25) is 4.79 Å². The van der Waals surface area contributed by atoms with Crippen molar-refractivity contribution in [3.8, 4) is 0 Å². The van der Waals surface area contributed by atoms with E-state index >= 15 is 0 Å². The standard InChI is InChI=1S/C38H73NO9/c1-3-5-7-9-11-13-15-17-19-21-23-25-27-32(42)37(46)39-30(29-47-38-36(45)35(44)34(43)33(28-40)48-38)31(41)26-24-22-20-18-16-14-12-10-8-6-4-2/h17,19,30-36,38,40-45H,3-16,18,20-29H2,1-2H3,(H,39,46)/b19-17-. The number of unbranched alkanes of at least 4 members (excludes halogenated alkanes) is 18. The zero-order chi connectivity index (χ0) is 35.4. The monoisotopic (exact) mass is 688 g/mol. The molecule has 0 bridgehead atoms. The fourth-order valence-corrected chi connectivity index (χ4v) is 6.16. The number of allylic oxidation sites excluding steroid dienone is 2. The molecule has 1 heterocycles. The Morgan fingerprint density at radius 1 is 0.688 bits per heavy atom. The Morgan fingerprint density at radius 3 is 1.71 bits per heavy atom. The van der Waals surface area contributed by atoms with Crippen molar-refractivity contribution in [1.82, 2.24) is 5.32 Å². The number of carbonyl (C=O) groups excluding carboxylic acids is 1. The fourth-order valence-electron chi connectivity index (χ4n) is 6.16. The summed E-state index contributed by atoms with van der Waals surface area (Å²) < 4.78 is 11.1. The highest BCUT2D eigenvalue weighted by Crippen LogP contribution is 2.23. The number of carbonyl (C=O) groups is 1. The lowest BCUT2D eigenvalue weighted by Crippen LogP contribution is -2.60. The van der Waals surface area contributed by atoms with E-state index in [1.807, 2.05) is 0 Å². The molecule has 7 N–H and O–H groups in total. The van der Waals surface area contributed by atoms with Gasteiger partial charge in [-0.05, 0) is 38.5 Å². The minimum absolute atomic E-state index is 0.260. The summed E-state index contributed by atoms with van der Waals surface area (Å²) in [4.78, 5) is 12.9. The number of aliphatic hydroxyl groups is 6. The highest BCUT2D eigenvalue weighted by Gasteiger charge is 2.44. The first-order valence-corrected chi connectivity index (χ1v) is 19.5. The maximum atomic E-state index is 12.9.